The molecule has 0 heterocycles. The molecule has 3 N–H and O–H groups in total. The van der Waals surface area contributed by atoms with Crippen molar-refractivity contribution in [2.24, 2.45) is 11.7 Å². The van der Waals surface area contributed by atoms with Crippen molar-refractivity contribution in [1.29, 1.82) is 0 Å². The predicted molar refractivity (Wildman–Crippen MR) is 52.7 cm³/mol. The van der Waals surface area contributed by atoms with Crippen LogP contribution < -0.4 is 5.73 Å². The molecule has 0 fully saturated rings. The van der Waals surface area contributed by atoms with Crippen LogP contribution in [0.1, 0.15) is 20.8 Å². The van der Waals surface area contributed by atoms with E-state index in [0.717, 1.165) is 0 Å². The quantitative estimate of drug-likeness (QED) is 0.667. The average Bonchev–Trinajstić information content (AvgIpc) is 2.12. The summed E-state index contributed by atoms with van der Waals surface area (Å²) in [5, 5.41) is 8.70. The molecule has 3 unspecified atom stereocenters. The largest absolute Gasteiger partial charge is 0.480 e. The van der Waals surface area contributed by atoms with Gasteiger partial charge in [0.15, 0.2) is 0 Å². The van der Waals surface area contributed by atoms with Gasteiger partial charge in [-0.25, -0.2) is 4.79 Å². The first-order valence-corrected chi connectivity index (χ1v) is 4.54. The summed E-state index contributed by atoms with van der Waals surface area (Å²) in [7, 11) is 1.47. The lowest BCUT2D eigenvalue weighted by Gasteiger charge is -2.26. The number of nitrogens with two attached hydrogens (primary N) is 1. The van der Waals surface area contributed by atoms with E-state index >= 15 is 0 Å². The molecule has 0 rings (SSSR count). The molecule has 82 valence electrons. The van der Waals surface area contributed by atoms with E-state index in [1.54, 1.807) is 13.8 Å². The van der Waals surface area contributed by atoms with Crippen molar-refractivity contribution in [3.05, 3.63) is 0 Å². The molecule has 5 heteroatoms. The minimum Gasteiger partial charge on any atom is -0.480 e. The highest BCUT2D eigenvalue weighted by atomic mass is 16.4. The second-order valence-electron chi connectivity index (χ2n) is 3.61. The summed E-state index contributed by atoms with van der Waals surface area (Å²) in [5.41, 5.74) is 5.56. The highest BCUT2D eigenvalue weighted by Gasteiger charge is 2.27. The maximum atomic E-state index is 11.6. The smallest absolute Gasteiger partial charge is 0.326 e. The number of carbonyl (C=O) groups is 2. The summed E-state index contributed by atoms with van der Waals surface area (Å²) < 4.78 is 0. The predicted octanol–water partition coefficient (Wildman–Crippen LogP) is -0.0988. The second-order valence-corrected chi connectivity index (χ2v) is 3.61. The Labute approximate surface area is 83.9 Å². The number of hydrogen-bond donors (Lipinski definition) is 2. The van der Waals surface area contributed by atoms with E-state index in [2.05, 4.69) is 0 Å². The van der Waals surface area contributed by atoms with Gasteiger partial charge in [-0.1, -0.05) is 6.92 Å². The second kappa shape index (κ2) is 4.95. The number of likely N-dealkylation sites (N-methyl/N-ethyl adjacent to an activating group) is 1. The Kier molecular flexibility index (Phi) is 4.56. The van der Waals surface area contributed by atoms with Gasteiger partial charge in [0.05, 0.1) is 5.92 Å². The van der Waals surface area contributed by atoms with Crippen LogP contribution in [0.2, 0.25) is 0 Å². The molecule has 0 saturated carbocycles. The summed E-state index contributed by atoms with van der Waals surface area (Å²) in [4.78, 5) is 23.4. The molecule has 0 aliphatic rings. The average molecular weight is 202 g/mol. The van der Waals surface area contributed by atoms with Crippen molar-refractivity contribution in [3.8, 4) is 0 Å². The molecule has 0 aliphatic heterocycles. The highest BCUT2D eigenvalue weighted by Crippen LogP contribution is 2.07. The summed E-state index contributed by atoms with van der Waals surface area (Å²) >= 11 is 0. The van der Waals surface area contributed by atoms with Crippen molar-refractivity contribution < 1.29 is 14.7 Å². The summed E-state index contributed by atoms with van der Waals surface area (Å²) in [5.74, 6) is -1.62. The SMILES string of the molecule is CC(N)C(C)C(=O)N(C)C(C)C(=O)O. The number of hydrogen-bond acceptors (Lipinski definition) is 3. The van der Waals surface area contributed by atoms with Gasteiger partial charge in [-0.05, 0) is 13.8 Å². The molecule has 0 bridgehead atoms. The Morgan fingerprint density at radius 1 is 1.29 bits per heavy atom. The Hall–Kier alpha value is -1.10. The number of carboxylic acids is 1. The van der Waals surface area contributed by atoms with Crippen molar-refractivity contribution in [1.82, 2.24) is 4.90 Å². The van der Waals surface area contributed by atoms with Crippen LogP contribution >= 0.6 is 0 Å². The Morgan fingerprint density at radius 2 is 1.71 bits per heavy atom. The fourth-order valence-electron chi connectivity index (χ4n) is 0.903. The summed E-state index contributed by atoms with van der Waals surface area (Å²) in [6.45, 7) is 4.88. The highest BCUT2D eigenvalue weighted by molar-refractivity contribution is 5.84. The van der Waals surface area contributed by atoms with Crippen LogP contribution in [0.3, 0.4) is 0 Å². The van der Waals surface area contributed by atoms with E-state index in [9.17, 15) is 9.59 Å². The van der Waals surface area contributed by atoms with Gasteiger partial charge in [0.2, 0.25) is 5.91 Å². The molecular formula is C9H18N2O3. The number of aliphatic carboxylic acids is 1. The summed E-state index contributed by atoms with van der Waals surface area (Å²) in [6, 6.07) is -1.09. The minimum absolute atomic E-state index is 0.241. The zero-order valence-electron chi connectivity index (χ0n) is 9.02. The monoisotopic (exact) mass is 202 g/mol. The topological polar surface area (TPSA) is 83.6 Å². The first-order chi connectivity index (χ1) is 6.29. The zero-order valence-corrected chi connectivity index (χ0v) is 9.02. The van der Waals surface area contributed by atoms with Crippen LogP contribution in [0, 0.1) is 5.92 Å². The van der Waals surface area contributed by atoms with Crippen LogP contribution in [0.4, 0.5) is 0 Å². The lowest BCUT2D eigenvalue weighted by molar-refractivity contribution is -0.149. The third kappa shape index (κ3) is 2.99. The van der Waals surface area contributed by atoms with E-state index in [-0.39, 0.29) is 17.9 Å². The number of rotatable bonds is 4. The van der Waals surface area contributed by atoms with Gasteiger partial charge in [-0.15, -0.1) is 0 Å². The van der Waals surface area contributed by atoms with Crippen molar-refractivity contribution in [2.75, 3.05) is 7.05 Å². The summed E-state index contributed by atoms with van der Waals surface area (Å²) in [6.07, 6.45) is 0. The Balaban J connectivity index is 4.46. The first-order valence-electron chi connectivity index (χ1n) is 4.54. The molecule has 5 nitrogen and oxygen atoms in total. The van der Waals surface area contributed by atoms with Gasteiger partial charge in [0.25, 0.3) is 0 Å². The molecule has 0 radical (unpaired) electrons. The van der Waals surface area contributed by atoms with Crippen molar-refractivity contribution >= 4 is 11.9 Å². The van der Waals surface area contributed by atoms with Crippen LogP contribution in [-0.2, 0) is 9.59 Å². The normalized spacial score (nSPS) is 16.9. The third-order valence-electron chi connectivity index (χ3n) is 2.46. The molecule has 0 aliphatic carbocycles. The van der Waals surface area contributed by atoms with Crippen LogP contribution in [-0.4, -0.2) is 41.0 Å². The van der Waals surface area contributed by atoms with Crippen LogP contribution in [0.5, 0.6) is 0 Å². The molecule has 0 spiro atoms. The molecule has 1 amide bonds. The first kappa shape index (κ1) is 12.9. The Morgan fingerprint density at radius 3 is 2.00 bits per heavy atom. The van der Waals surface area contributed by atoms with Crippen LogP contribution in [0.15, 0.2) is 0 Å². The van der Waals surface area contributed by atoms with Crippen LogP contribution in [0.25, 0.3) is 0 Å². The number of carbonyl (C=O) groups excluding carboxylic acids is 1. The fraction of sp³-hybridized carbons (Fsp3) is 0.778. The van der Waals surface area contributed by atoms with Gasteiger partial charge in [0.1, 0.15) is 6.04 Å². The van der Waals surface area contributed by atoms with Gasteiger partial charge in [-0.2, -0.15) is 0 Å². The van der Waals surface area contributed by atoms with Gasteiger partial charge in [-0.3, -0.25) is 4.79 Å². The minimum atomic E-state index is -1.02. The molecule has 0 saturated heterocycles. The molecule has 0 aromatic heterocycles. The van der Waals surface area contributed by atoms with Crippen molar-refractivity contribution in [3.63, 3.8) is 0 Å². The van der Waals surface area contributed by atoms with E-state index < -0.39 is 12.0 Å². The lowest BCUT2D eigenvalue weighted by Crippen LogP contribution is -2.46. The molecule has 0 aromatic carbocycles. The third-order valence-corrected chi connectivity index (χ3v) is 2.46. The van der Waals surface area contributed by atoms with Gasteiger partial charge < -0.3 is 15.7 Å². The maximum absolute atomic E-state index is 11.6. The Bertz CT molecular complexity index is 228. The van der Waals surface area contributed by atoms with E-state index in [0.29, 0.717) is 0 Å². The number of amides is 1. The molecule has 3 atom stereocenters. The zero-order chi connectivity index (χ0) is 11.5. The van der Waals surface area contributed by atoms with Gasteiger partial charge >= 0.3 is 5.97 Å². The number of nitrogens with zero attached hydrogens (tertiary/aromatic N) is 1. The number of carboxylic acid groups (broad SMARTS) is 1. The van der Waals surface area contributed by atoms with Gasteiger partial charge in [0, 0.05) is 13.1 Å². The van der Waals surface area contributed by atoms with E-state index in [4.69, 9.17) is 10.8 Å². The lowest BCUT2D eigenvalue weighted by atomic mass is 10.0. The standard InChI is InChI=1S/C9H18N2O3/c1-5(6(2)10)8(12)11(4)7(3)9(13)14/h5-7H,10H2,1-4H3,(H,13,14). The van der Waals surface area contributed by atoms with E-state index in [1.807, 2.05) is 0 Å². The maximum Gasteiger partial charge on any atom is 0.326 e. The molecular weight excluding hydrogens is 184 g/mol. The molecule has 0 aromatic rings. The van der Waals surface area contributed by atoms with Crippen molar-refractivity contribution in [2.45, 2.75) is 32.9 Å². The molecule has 14 heavy (non-hydrogen) atoms. The fourth-order valence-corrected chi connectivity index (χ4v) is 0.903. The van der Waals surface area contributed by atoms with E-state index in [1.165, 1.54) is 18.9 Å².